The molecule has 0 amide bonds. The van der Waals surface area contributed by atoms with Crippen LogP contribution in [-0.2, 0) is 0 Å². The lowest BCUT2D eigenvalue weighted by Crippen LogP contribution is -2.04. The topological polar surface area (TPSA) is 61.1 Å². The molecular formula is C52H31N5O. The van der Waals surface area contributed by atoms with Crippen molar-refractivity contribution in [1.82, 2.24) is 19.5 Å². The third-order valence-electron chi connectivity index (χ3n) is 10.9. The summed E-state index contributed by atoms with van der Waals surface area (Å²) in [5.74, 6) is 1.72. The van der Waals surface area contributed by atoms with Crippen LogP contribution in [0.3, 0.4) is 0 Å². The van der Waals surface area contributed by atoms with Crippen LogP contribution in [0.15, 0.2) is 192 Å². The summed E-state index contributed by atoms with van der Waals surface area (Å²) < 4.78 is 8.88. The molecule has 0 aliphatic heterocycles. The molecule has 11 rings (SSSR count). The molecule has 0 spiro atoms. The first-order chi connectivity index (χ1) is 28.7. The fourth-order valence-corrected chi connectivity index (χ4v) is 8.15. The molecule has 0 aliphatic rings. The summed E-state index contributed by atoms with van der Waals surface area (Å²) in [6.07, 6.45) is 0. The van der Waals surface area contributed by atoms with E-state index in [1.165, 1.54) is 0 Å². The zero-order valence-corrected chi connectivity index (χ0v) is 31.0. The molecule has 6 heteroatoms. The average molecular weight is 742 g/mol. The molecule has 11 aromatic rings. The Bertz CT molecular complexity index is 3360. The van der Waals surface area contributed by atoms with Crippen LogP contribution in [0.4, 0.5) is 5.69 Å². The maximum Gasteiger partial charge on any atom is 0.187 e. The number of nitrogens with zero attached hydrogens (tertiary/aromatic N) is 5. The Hall–Kier alpha value is -8.14. The predicted octanol–water partition coefficient (Wildman–Crippen LogP) is 13.8. The van der Waals surface area contributed by atoms with Crippen molar-refractivity contribution >= 4 is 49.4 Å². The Morgan fingerprint density at radius 2 is 1.02 bits per heavy atom. The molecule has 6 nitrogen and oxygen atoms in total. The molecule has 0 unspecified atom stereocenters. The first-order valence-corrected chi connectivity index (χ1v) is 19.1. The number of aromatic nitrogens is 4. The second-order valence-corrected chi connectivity index (χ2v) is 14.3. The Labute approximate surface area is 333 Å². The minimum Gasteiger partial charge on any atom is -0.455 e. The summed E-state index contributed by atoms with van der Waals surface area (Å²) in [7, 11) is 0. The smallest absolute Gasteiger partial charge is 0.187 e. The molecule has 0 N–H and O–H groups in total. The van der Waals surface area contributed by atoms with Crippen molar-refractivity contribution in [3.63, 3.8) is 0 Å². The van der Waals surface area contributed by atoms with E-state index in [0.717, 1.165) is 88.4 Å². The summed E-state index contributed by atoms with van der Waals surface area (Å²) in [5.41, 5.74) is 11.9. The van der Waals surface area contributed by atoms with E-state index in [-0.39, 0.29) is 0 Å². The van der Waals surface area contributed by atoms with Crippen molar-refractivity contribution in [2.24, 2.45) is 0 Å². The zero-order valence-electron chi connectivity index (χ0n) is 31.0. The van der Waals surface area contributed by atoms with Gasteiger partial charge < -0.3 is 8.98 Å². The van der Waals surface area contributed by atoms with Gasteiger partial charge in [0.25, 0.3) is 0 Å². The van der Waals surface area contributed by atoms with Crippen LogP contribution in [0.2, 0.25) is 0 Å². The lowest BCUT2D eigenvalue weighted by Gasteiger charge is -2.17. The van der Waals surface area contributed by atoms with E-state index in [9.17, 15) is 0 Å². The predicted molar refractivity (Wildman–Crippen MR) is 235 cm³/mol. The lowest BCUT2D eigenvalue weighted by molar-refractivity contribution is 0.670. The molecule has 0 radical (unpaired) electrons. The van der Waals surface area contributed by atoms with Gasteiger partial charge in [-0.05, 0) is 53.1 Å². The molecule has 0 bridgehead atoms. The number of para-hydroxylation sites is 3. The number of fused-ring (bicyclic) bond motifs is 6. The third kappa shape index (κ3) is 5.53. The molecule has 58 heavy (non-hydrogen) atoms. The zero-order chi connectivity index (χ0) is 38.6. The van der Waals surface area contributed by atoms with Crippen LogP contribution in [0, 0.1) is 6.57 Å². The third-order valence-corrected chi connectivity index (χ3v) is 10.9. The Morgan fingerprint density at radius 3 is 1.79 bits per heavy atom. The van der Waals surface area contributed by atoms with Crippen molar-refractivity contribution in [3.05, 3.63) is 199 Å². The van der Waals surface area contributed by atoms with Crippen molar-refractivity contribution in [3.8, 4) is 62.1 Å². The van der Waals surface area contributed by atoms with Crippen molar-refractivity contribution in [2.45, 2.75) is 0 Å². The van der Waals surface area contributed by atoms with Gasteiger partial charge in [0.2, 0.25) is 0 Å². The van der Waals surface area contributed by atoms with Gasteiger partial charge in [0.1, 0.15) is 11.2 Å². The molecule has 270 valence electrons. The van der Waals surface area contributed by atoms with E-state index in [1.807, 2.05) is 97.1 Å². The second-order valence-electron chi connectivity index (χ2n) is 14.3. The van der Waals surface area contributed by atoms with Crippen molar-refractivity contribution < 1.29 is 4.42 Å². The standard InChI is InChI=1S/C52H31N5O/c1-53-38-19-12-18-35(30-38)36-26-28-41-40-20-8-10-24-45(40)57(47(41)32-36)46-29-27-37(39-22-13-23-43-42-21-9-11-25-48(42)58-49(39)43)31-44(46)52-55-50(33-14-4-2-5-15-33)54-51(56-52)34-16-6-3-7-17-34/h2-32H. The van der Waals surface area contributed by atoms with Crippen molar-refractivity contribution in [2.75, 3.05) is 0 Å². The minimum atomic E-state index is 0.549. The molecule has 3 aromatic heterocycles. The Kier molecular flexibility index (Phi) is 7.76. The van der Waals surface area contributed by atoms with E-state index in [4.69, 9.17) is 25.9 Å². The van der Waals surface area contributed by atoms with Gasteiger partial charge >= 0.3 is 0 Å². The molecule has 3 heterocycles. The highest BCUT2D eigenvalue weighted by atomic mass is 16.3. The van der Waals surface area contributed by atoms with Gasteiger partial charge in [-0.3, -0.25) is 0 Å². The monoisotopic (exact) mass is 741 g/mol. The van der Waals surface area contributed by atoms with Gasteiger partial charge in [-0.2, -0.15) is 0 Å². The van der Waals surface area contributed by atoms with E-state index in [2.05, 4.69) is 100 Å². The number of hydrogen-bond donors (Lipinski definition) is 0. The van der Waals surface area contributed by atoms with Gasteiger partial charge in [0.15, 0.2) is 23.2 Å². The van der Waals surface area contributed by atoms with Gasteiger partial charge in [0, 0.05) is 43.8 Å². The highest BCUT2D eigenvalue weighted by Crippen LogP contribution is 2.42. The molecular weight excluding hydrogens is 711 g/mol. The number of furan rings is 1. The van der Waals surface area contributed by atoms with Crippen LogP contribution in [0.5, 0.6) is 0 Å². The minimum absolute atomic E-state index is 0.549. The molecule has 8 aromatic carbocycles. The fraction of sp³-hybridized carbons (Fsp3) is 0. The Morgan fingerprint density at radius 1 is 0.414 bits per heavy atom. The van der Waals surface area contributed by atoms with Crippen LogP contribution in [-0.4, -0.2) is 19.5 Å². The Balaban J connectivity index is 1.22. The highest BCUT2D eigenvalue weighted by Gasteiger charge is 2.22. The SMILES string of the molecule is [C-]#[N+]c1cccc(-c2ccc3c4ccccc4n(-c4ccc(-c5cccc6c5oc5ccccc56)cc4-c4nc(-c5ccccc5)nc(-c5ccccc5)n4)c3c2)c1. The second kappa shape index (κ2) is 13.6. The van der Waals surface area contributed by atoms with Crippen LogP contribution >= 0.6 is 0 Å². The van der Waals surface area contributed by atoms with Gasteiger partial charge in [-0.25, -0.2) is 19.8 Å². The number of hydrogen-bond acceptors (Lipinski definition) is 4. The summed E-state index contributed by atoms with van der Waals surface area (Å²) >= 11 is 0. The number of rotatable bonds is 6. The first kappa shape index (κ1) is 33.2. The molecule has 0 fully saturated rings. The van der Waals surface area contributed by atoms with E-state index < -0.39 is 0 Å². The maximum absolute atomic E-state index is 7.65. The lowest BCUT2D eigenvalue weighted by atomic mass is 9.98. The fourth-order valence-electron chi connectivity index (χ4n) is 8.15. The van der Waals surface area contributed by atoms with Gasteiger partial charge in [0.05, 0.1) is 23.3 Å². The normalized spacial score (nSPS) is 11.4. The summed E-state index contributed by atoms with van der Waals surface area (Å²) in [5, 5.41) is 4.39. The van der Waals surface area contributed by atoms with Crippen LogP contribution in [0.1, 0.15) is 0 Å². The van der Waals surface area contributed by atoms with Crippen molar-refractivity contribution in [1.29, 1.82) is 0 Å². The molecule has 0 aliphatic carbocycles. The largest absolute Gasteiger partial charge is 0.455 e. The van der Waals surface area contributed by atoms with Gasteiger partial charge in [-0.1, -0.05) is 152 Å². The maximum atomic E-state index is 7.65. The summed E-state index contributed by atoms with van der Waals surface area (Å²) in [6.45, 7) is 7.65. The quantitative estimate of drug-likeness (QED) is 0.159. The number of benzene rings is 8. The van der Waals surface area contributed by atoms with E-state index >= 15 is 0 Å². The van der Waals surface area contributed by atoms with E-state index in [1.54, 1.807) is 0 Å². The molecule has 0 saturated carbocycles. The van der Waals surface area contributed by atoms with Crippen LogP contribution < -0.4 is 0 Å². The average Bonchev–Trinajstić information content (AvgIpc) is 3.85. The highest BCUT2D eigenvalue weighted by molar-refractivity contribution is 6.12. The first-order valence-electron chi connectivity index (χ1n) is 19.1. The molecule has 0 atom stereocenters. The van der Waals surface area contributed by atoms with E-state index in [0.29, 0.717) is 23.2 Å². The van der Waals surface area contributed by atoms with Crippen LogP contribution in [0.25, 0.3) is 111 Å². The summed E-state index contributed by atoms with van der Waals surface area (Å²) in [6, 6.07) is 64.0. The molecule has 0 saturated heterocycles. The summed E-state index contributed by atoms with van der Waals surface area (Å²) in [4.78, 5) is 19.3. The van der Waals surface area contributed by atoms with Gasteiger partial charge in [-0.15, -0.1) is 0 Å².